The fraction of sp³-hybridized carbons (Fsp3) is 0.250. The van der Waals surface area contributed by atoms with Crippen LogP contribution in [0.15, 0.2) is 84.0 Å². The molecule has 1 saturated heterocycles. The summed E-state index contributed by atoms with van der Waals surface area (Å²) in [7, 11) is 0. The second kappa shape index (κ2) is 8.81. The van der Waals surface area contributed by atoms with Crippen LogP contribution < -0.4 is 0 Å². The first kappa shape index (κ1) is 18.4. The monoisotopic (exact) mass is 370 g/mol. The van der Waals surface area contributed by atoms with Gasteiger partial charge in [-0.3, -0.25) is 14.9 Å². The number of aromatic nitrogens is 1. The Bertz CT molecular complexity index is 861. The van der Waals surface area contributed by atoms with E-state index in [1.165, 1.54) is 11.1 Å². The van der Waals surface area contributed by atoms with E-state index in [4.69, 9.17) is 0 Å². The molecule has 0 atom stereocenters. The Hall–Kier alpha value is -2.98. The SMILES string of the molecule is Cc1cccc(/C=N/N2CCN(C(c3ccccc3)c3ccccc3)CC2)n1. The molecule has 2 heterocycles. The number of benzene rings is 2. The van der Waals surface area contributed by atoms with Crippen molar-refractivity contribution in [3.05, 3.63) is 101 Å². The summed E-state index contributed by atoms with van der Waals surface area (Å²) in [6, 6.07) is 27.9. The standard InChI is InChI=1S/C24H26N4/c1-20-9-8-14-23(26-20)19-25-28-17-15-27(16-18-28)24(21-10-4-2-5-11-21)22-12-6-3-7-13-22/h2-14,19,24H,15-18H2,1H3/b25-19+. The molecule has 0 unspecified atom stereocenters. The van der Waals surface area contributed by atoms with E-state index in [1.54, 1.807) is 0 Å². The number of hydrazone groups is 1. The second-order valence-electron chi connectivity index (χ2n) is 7.16. The zero-order valence-corrected chi connectivity index (χ0v) is 16.3. The molecule has 0 radical (unpaired) electrons. The Labute approximate surface area is 167 Å². The minimum absolute atomic E-state index is 0.284. The predicted octanol–water partition coefficient (Wildman–Crippen LogP) is 4.13. The number of hydrogen-bond donors (Lipinski definition) is 0. The van der Waals surface area contributed by atoms with Crippen molar-refractivity contribution in [2.45, 2.75) is 13.0 Å². The molecule has 0 bridgehead atoms. The van der Waals surface area contributed by atoms with Crippen LogP contribution in [0.4, 0.5) is 0 Å². The number of rotatable bonds is 5. The smallest absolute Gasteiger partial charge is 0.0833 e. The van der Waals surface area contributed by atoms with Gasteiger partial charge in [0.15, 0.2) is 0 Å². The van der Waals surface area contributed by atoms with Gasteiger partial charge in [0.05, 0.1) is 18.0 Å². The van der Waals surface area contributed by atoms with Crippen LogP contribution >= 0.6 is 0 Å². The van der Waals surface area contributed by atoms with Gasteiger partial charge in [0.2, 0.25) is 0 Å². The van der Waals surface area contributed by atoms with Gasteiger partial charge in [-0.05, 0) is 30.2 Å². The maximum atomic E-state index is 4.65. The highest BCUT2D eigenvalue weighted by Gasteiger charge is 2.25. The molecule has 0 saturated carbocycles. The summed E-state index contributed by atoms with van der Waals surface area (Å²) < 4.78 is 0. The lowest BCUT2D eigenvalue weighted by molar-refractivity contribution is 0.113. The Morgan fingerprint density at radius 3 is 1.96 bits per heavy atom. The van der Waals surface area contributed by atoms with Gasteiger partial charge in [0, 0.05) is 31.9 Å². The van der Waals surface area contributed by atoms with E-state index in [-0.39, 0.29) is 6.04 Å². The van der Waals surface area contributed by atoms with Crippen molar-refractivity contribution >= 4 is 6.21 Å². The number of nitrogens with zero attached hydrogens (tertiary/aromatic N) is 4. The Balaban J connectivity index is 1.46. The van der Waals surface area contributed by atoms with Gasteiger partial charge in [-0.1, -0.05) is 66.7 Å². The first-order valence-corrected chi connectivity index (χ1v) is 9.86. The summed E-state index contributed by atoms with van der Waals surface area (Å²) in [4.78, 5) is 7.05. The fourth-order valence-electron chi connectivity index (χ4n) is 3.75. The summed E-state index contributed by atoms with van der Waals surface area (Å²) in [6.07, 6.45) is 1.87. The van der Waals surface area contributed by atoms with Crippen LogP contribution in [-0.4, -0.2) is 47.3 Å². The summed E-state index contributed by atoms with van der Waals surface area (Å²) in [5.74, 6) is 0. The van der Waals surface area contributed by atoms with E-state index >= 15 is 0 Å². The molecule has 0 amide bonds. The lowest BCUT2D eigenvalue weighted by atomic mass is 9.96. The van der Waals surface area contributed by atoms with Crippen LogP contribution in [0.25, 0.3) is 0 Å². The molecule has 0 aliphatic carbocycles. The van der Waals surface area contributed by atoms with Crippen LogP contribution in [0, 0.1) is 6.92 Å². The second-order valence-corrected chi connectivity index (χ2v) is 7.16. The van der Waals surface area contributed by atoms with Crippen LogP contribution in [0.1, 0.15) is 28.6 Å². The van der Waals surface area contributed by atoms with Gasteiger partial charge in [-0.25, -0.2) is 0 Å². The number of piperazine rings is 1. The Morgan fingerprint density at radius 1 is 0.786 bits per heavy atom. The molecule has 1 aromatic heterocycles. The van der Waals surface area contributed by atoms with Crippen LogP contribution in [0.2, 0.25) is 0 Å². The van der Waals surface area contributed by atoms with Gasteiger partial charge in [-0.2, -0.15) is 5.10 Å². The van der Waals surface area contributed by atoms with Gasteiger partial charge in [0.25, 0.3) is 0 Å². The average Bonchev–Trinajstić information content (AvgIpc) is 2.75. The quantitative estimate of drug-likeness (QED) is 0.633. The lowest BCUT2D eigenvalue weighted by Gasteiger charge is -2.38. The van der Waals surface area contributed by atoms with Crippen molar-refractivity contribution in [3.63, 3.8) is 0 Å². The van der Waals surface area contributed by atoms with Crippen LogP contribution in [0.3, 0.4) is 0 Å². The Kier molecular flexibility index (Phi) is 5.78. The van der Waals surface area contributed by atoms with Crippen molar-refractivity contribution in [3.8, 4) is 0 Å². The molecule has 142 valence electrons. The van der Waals surface area contributed by atoms with Gasteiger partial charge < -0.3 is 0 Å². The Morgan fingerprint density at radius 2 is 1.39 bits per heavy atom. The van der Waals surface area contributed by atoms with Crippen LogP contribution in [0.5, 0.6) is 0 Å². The first-order valence-electron chi connectivity index (χ1n) is 9.86. The van der Waals surface area contributed by atoms with Gasteiger partial charge in [0.1, 0.15) is 0 Å². The molecule has 0 N–H and O–H groups in total. The maximum absolute atomic E-state index is 4.65. The maximum Gasteiger partial charge on any atom is 0.0833 e. The molecule has 2 aromatic carbocycles. The summed E-state index contributed by atoms with van der Waals surface area (Å²) in [5.41, 5.74) is 4.61. The molecule has 3 aromatic rings. The molecule has 1 fully saturated rings. The van der Waals surface area contributed by atoms with Crippen molar-refractivity contribution in [2.75, 3.05) is 26.2 Å². The van der Waals surface area contributed by atoms with Gasteiger partial charge in [-0.15, -0.1) is 0 Å². The highest BCUT2D eigenvalue weighted by Crippen LogP contribution is 2.29. The third-order valence-corrected chi connectivity index (χ3v) is 5.15. The summed E-state index contributed by atoms with van der Waals surface area (Å²) >= 11 is 0. The topological polar surface area (TPSA) is 31.7 Å². The largest absolute Gasteiger partial charge is 0.294 e. The molecule has 4 nitrogen and oxygen atoms in total. The molecule has 1 aliphatic rings. The predicted molar refractivity (Wildman–Crippen MR) is 114 cm³/mol. The van der Waals surface area contributed by atoms with E-state index < -0.39 is 0 Å². The summed E-state index contributed by atoms with van der Waals surface area (Å²) in [5, 5.41) is 6.80. The normalized spacial score (nSPS) is 15.4. The highest BCUT2D eigenvalue weighted by molar-refractivity contribution is 5.76. The first-order chi connectivity index (χ1) is 13.8. The van der Waals surface area contributed by atoms with Crippen molar-refractivity contribution in [2.24, 2.45) is 5.10 Å². The molecule has 4 rings (SSSR count). The lowest BCUT2D eigenvalue weighted by Crippen LogP contribution is -2.45. The zero-order chi connectivity index (χ0) is 19.2. The third kappa shape index (κ3) is 4.46. The zero-order valence-electron chi connectivity index (χ0n) is 16.3. The molecule has 28 heavy (non-hydrogen) atoms. The third-order valence-electron chi connectivity index (χ3n) is 5.15. The number of hydrogen-bond acceptors (Lipinski definition) is 4. The molecule has 0 spiro atoms. The van der Waals surface area contributed by atoms with Crippen molar-refractivity contribution < 1.29 is 0 Å². The van der Waals surface area contributed by atoms with Crippen LogP contribution in [-0.2, 0) is 0 Å². The van der Waals surface area contributed by atoms with E-state index in [1.807, 2.05) is 31.3 Å². The molecule has 4 heteroatoms. The molecular weight excluding hydrogens is 344 g/mol. The van der Waals surface area contributed by atoms with E-state index in [9.17, 15) is 0 Å². The number of aryl methyl sites for hydroxylation is 1. The summed E-state index contributed by atoms with van der Waals surface area (Å²) in [6.45, 7) is 5.79. The molecule has 1 aliphatic heterocycles. The fourth-order valence-corrected chi connectivity index (χ4v) is 3.75. The average molecular weight is 371 g/mol. The number of pyridine rings is 1. The van der Waals surface area contributed by atoms with Crippen molar-refractivity contribution in [1.29, 1.82) is 0 Å². The minimum Gasteiger partial charge on any atom is -0.294 e. The highest BCUT2D eigenvalue weighted by atomic mass is 15.5. The van der Waals surface area contributed by atoms with Gasteiger partial charge >= 0.3 is 0 Å². The molecular formula is C24H26N4. The van der Waals surface area contributed by atoms with Crippen molar-refractivity contribution in [1.82, 2.24) is 14.9 Å². The van der Waals surface area contributed by atoms with E-state index in [0.29, 0.717) is 0 Å². The van der Waals surface area contributed by atoms with E-state index in [2.05, 4.69) is 80.7 Å². The van der Waals surface area contributed by atoms with E-state index in [0.717, 1.165) is 37.6 Å². The minimum atomic E-state index is 0.284.